The highest BCUT2D eigenvalue weighted by molar-refractivity contribution is 6.13. The first-order valence-electron chi connectivity index (χ1n) is 22.3. The SMILES string of the molecule is Cc1cc(C)c(-c2ccc3c(c2)c2ccccc2n3-c2cccc(-c3cc(-c4ccccc4)nc(-c4ccccc4)n3)c2-c2ccccc2-n2c3ccccc3c3ccccc32)c(C)c1. The zero-order valence-electron chi connectivity index (χ0n) is 36.5. The molecule has 0 fully saturated rings. The maximum absolute atomic E-state index is 5.47. The molecule has 0 aliphatic heterocycles. The van der Waals surface area contributed by atoms with Gasteiger partial charge in [0.15, 0.2) is 5.82 Å². The number of aryl methyl sites for hydroxylation is 3. The van der Waals surface area contributed by atoms with Crippen molar-refractivity contribution >= 4 is 43.6 Å². The van der Waals surface area contributed by atoms with Crippen molar-refractivity contribution in [2.75, 3.05) is 0 Å². The van der Waals surface area contributed by atoms with Crippen molar-refractivity contribution in [3.05, 3.63) is 229 Å². The fourth-order valence-electron chi connectivity index (χ4n) is 10.4. The van der Waals surface area contributed by atoms with E-state index in [-0.39, 0.29) is 0 Å². The fraction of sp³-hybridized carbons (Fsp3) is 0.0492. The molecule has 3 aromatic heterocycles. The van der Waals surface area contributed by atoms with Crippen LogP contribution in [0.4, 0.5) is 0 Å². The molecule has 0 saturated heterocycles. The Bertz CT molecular complexity index is 3670. The fourth-order valence-corrected chi connectivity index (χ4v) is 10.4. The lowest BCUT2D eigenvalue weighted by molar-refractivity contribution is 1.15. The molecule has 0 saturated carbocycles. The highest BCUT2D eigenvalue weighted by Crippen LogP contribution is 2.46. The number of aromatic nitrogens is 4. The second-order valence-corrected chi connectivity index (χ2v) is 17.1. The molecule has 0 atom stereocenters. The Hall–Kier alpha value is -8.34. The van der Waals surface area contributed by atoms with Crippen LogP contribution >= 0.6 is 0 Å². The van der Waals surface area contributed by atoms with Crippen molar-refractivity contribution in [1.29, 1.82) is 0 Å². The van der Waals surface area contributed by atoms with Crippen molar-refractivity contribution in [2.45, 2.75) is 20.8 Å². The minimum atomic E-state index is 0.681. The van der Waals surface area contributed by atoms with E-state index in [2.05, 4.69) is 236 Å². The monoisotopic (exact) mass is 832 g/mol. The average molecular weight is 833 g/mol. The molecule has 0 unspecified atom stereocenters. The third kappa shape index (κ3) is 6.37. The third-order valence-corrected chi connectivity index (χ3v) is 13.0. The molecule has 12 aromatic rings. The van der Waals surface area contributed by atoms with Crippen molar-refractivity contribution in [3.63, 3.8) is 0 Å². The number of hydrogen-bond donors (Lipinski definition) is 0. The summed E-state index contributed by atoms with van der Waals surface area (Å²) in [5.41, 5.74) is 20.0. The molecule has 4 heteroatoms. The third-order valence-electron chi connectivity index (χ3n) is 13.0. The van der Waals surface area contributed by atoms with Crippen LogP contribution in [0.5, 0.6) is 0 Å². The van der Waals surface area contributed by atoms with Crippen LogP contribution in [0.1, 0.15) is 16.7 Å². The summed E-state index contributed by atoms with van der Waals surface area (Å²) in [5, 5.41) is 4.86. The first-order valence-corrected chi connectivity index (χ1v) is 22.3. The zero-order chi connectivity index (χ0) is 43.6. The summed E-state index contributed by atoms with van der Waals surface area (Å²) in [7, 11) is 0. The molecule has 65 heavy (non-hydrogen) atoms. The average Bonchev–Trinajstić information content (AvgIpc) is 3.86. The molecule has 12 rings (SSSR count). The van der Waals surface area contributed by atoms with E-state index < -0.39 is 0 Å². The van der Waals surface area contributed by atoms with Crippen molar-refractivity contribution in [1.82, 2.24) is 19.1 Å². The molecule has 308 valence electrons. The van der Waals surface area contributed by atoms with Gasteiger partial charge in [-0.05, 0) is 91.6 Å². The molecule has 0 N–H and O–H groups in total. The van der Waals surface area contributed by atoms with Gasteiger partial charge in [-0.3, -0.25) is 0 Å². The normalized spacial score (nSPS) is 11.6. The Morgan fingerprint density at radius 3 is 1.48 bits per heavy atom. The summed E-state index contributed by atoms with van der Waals surface area (Å²) < 4.78 is 4.91. The summed E-state index contributed by atoms with van der Waals surface area (Å²) in [6, 6.07) is 76.5. The van der Waals surface area contributed by atoms with E-state index in [1.807, 2.05) is 6.07 Å². The Kier molecular flexibility index (Phi) is 9.13. The van der Waals surface area contributed by atoms with Gasteiger partial charge in [-0.25, -0.2) is 9.97 Å². The molecule has 0 aliphatic carbocycles. The van der Waals surface area contributed by atoms with Gasteiger partial charge in [0.2, 0.25) is 0 Å². The predicted molar refractivity (Wildman–Crippen MR) is 272 cm³/mol. The largest absolute Gasteiger partial charge is 0.309 e. The van der Waals surface area contributed by atoms with Gasteiger partial charge in [-0.15, -0.1) is 0 Å². The number of benzene rings is 9. The van der Waals surface area contributed by atoms with Gasteiger partial charge in [-0.2, -0.15) is 0 Å². The molecule has 0 spiro atoms. The van der Waals surface area contributed by atoms with Crippen LogP contribution < -0.4 is 0 Å². The van der Waals surface area contributed by atoms with Crippen LogP contribution in [0.3, 0.4) is 0 Å². The van der Waals surface area contributed by atoms with Crippen LogP contribution in [0.25, 0.3) is 111 Å². The van der Waals surface area contributed by atoms with Crippen LogP contribution in [-0.4, -0.2) is 19.1 Å². The van der Waals surface area contributed by atoms with E-state index in [4.69, 9.17) is 9.97 Å². The van der Waals surface area contributed by atoms with Crippen molar-refractivity contribution in [3.8, 4) is 67.5 Å². The maximum atomic E-state index is 5.47. The van der Waals surface area contributed by atoms with Gasteiger partial charge < -0.3 is 9.13 Å². The Morgan fingerprint density at radius 1 is 0.323 bits per heavy atom. The van der Waals surface area contributed by atoms with Crippen LogP contribution in [0.2, 0.25) is 0 Å². The molecule has 0 amide bonds. The van der Waals surface area contributed by atoms with E-state index in [9.17, 15) is 0 Å². The Morgan fingerprint density at radius 2 is 0.815 bits per heavy atom. The molecular weight excluding hydrogens is 789 g/mol. The maximum Gasteiger partial charge on any atom is 0.160 e. The van der Waals surface area contributed by atoms with Gasteiger partial charge >= 0.3 is 0 Å². The lowest BCUT2D eigenvalue weighted by Gasteiger charge is -2.22. The topological polar surface area (TPSA) is 35.6 Å². The van der Waals surface area contributed by atoms with E-state index in [1.165, 1.54) is 49.4 Å². The molecule has 0 aliphatic rings. The summed E-state index contributed by atoms with van der Waals surface area (Å²) in [4.78, 5) is 10.7. The highest BCUT2D eigenvalue weighted by Gasteiger charge is 2.24. The van der Waals surface area contributed by atoms with Gasteiger partial charge in [0.1, 0.15) is 0 Å². The number of rotatable bonds is 7. The first kappa shape index (κ1) is 38.3. The summed E-state index contributed by atoms with van der Waals surface area (Å²) in [6.07, 6.45) is 0. The molecule has 4 nitrogen and oxygen atoms in total. The van der Waals surface area contributed by atoms with Crippen molar-refractivity contribution in [2.24, 2.45) is 0 Å². The van der Waals surface area contributed by atoms with Gasteiger partial charge in [-0.1, -0.05) is 169 Å². The predicted octanol–water partition coefficient (Wildman–Crippen LogP) is 15.9. The summed E-state index contributed by atoms with van der Waals surface area (Å²) >= 11 is 0. The van der Waals surface area contributed by atoms with Gasteiger partial charge in [0.25, 0.3) is 0 Å². The van der Waals surface area contributed by atoms with Gasteiger partial charge in [0.05, 0.1) is 44.8 Å². The van der Waals surface area contributed by atoms with Crippen LogP contribution in [0.15, 0.2) is 212 Å². The van der Waals surface area contributed by atoms with Crippen molar-refractivity contribution < 1.29 is 0 Å². The minimum absolute atomic E-state index is 0.681. The molecule has 0 bridgehead atoms. The van der Waals surface area contributed by atoms with E-state index in [1.54, 1.807) is 0 Å². The smallest absolute Gasteiger partial charge is 0.160 e. The highest BCUT2D eigenvalue weighted by atomic mass is 15.0. The zero-order valence-corrected chi connectivity index (χ0v) is 36.5. The number of hydrogen-bond acceptors (Lipinski definition) is 2. The quantitative estimate of drug-likeness (QED) is 0.160. The number of para-hydroxylation sites is 4. The minimum Gasteiger partial charge on any atom is -0.309 e. The van der Waals surface area contributed by atoms with E-state index in [0.717, 1.165) is 72.6 Å². The van der Waals surface area contributed by atoms with E-state index in [0.29, 0.717) is 5.82 Å². The second-order valence-electron chi connectivity index (χ2n) is 17.1. The summed E-state index contributed by atoms with van der Waals surface area (Å²) in [5.74, 6) is 0.681. The standard InChI is InChI=1S/C61H44N4/c1-39-35-40(2)59(41(3)36-39)44-33-34-57-50(37-44)47-25-12-16-30-55(47)65(57)58-32-18-27-48(52-38-51(42-19-6-4-7-20-42)62-61(63-52)43-21-8-5-9-22-43)60(58)49-26-13-17-31-56(49)64-53-28-14-10-23-45(53)46-24-11-15-29-54(46)64/h4-38H,1-3H3. The molecular formula is C61H44N4. The number of nitrogens with zero attached hydrogens (tertiary/aromatic N) is 4. The molecule has 9 aromatic carbocycles. The van der Waals surface area contributed by atoms with Crippen LogP contribution in [0, 0.1) is 20.8 Å². The number of fused-ring (bicyclic) bond motifs is 6. The lowest BCUT2D eigenvalue weighted by Crippen LogP contribution is -2.04. The molecule has 0 radical (unpaired) electrons. The first-order chi connectivity index (χ1) is 32.0. The van der Waals surface area contributed by atoms with Gasteiger partial charge in [0, 0.05) is 49.4 Å². The van der Waals surface area contributed by atoms with Crippen LogP contribution in [-0.2, 0) is 0 Å². The Labute approximate surface area is 378 Å². The lowest BCUT2D eigenvalue weighted by atomic mass is 9.92. The molecule has 3 heterocycles. The van der Waals surface area contributed by atoms with E-state index >= 15 is 0 Å². The Balaban J connectivity index is 1.20. The second kappa shape index (κ2) is 15.5. The summed E-state index contributed by atoms with van der Waals surface area (Å²) in [6.45, 7) is 6.64.